The van der Waals surface area contributed by atoms with Gasteiger partial charge in [0.1, 0.15) is 0 Å². The summed E-state index contributed by atoms with van der Waals surface area (Å²) in [6, 6.07) is 0. The first kappa shape index (κ1) is 18.8. The van der Waals surface area contributed by atoms with Gasteiger partial charge in [0.2, 0.25) is 5.91 Å². The van der Waals surface area contributed by atoms with Crippen LogP contribution in [0.4, 0.5) is 0 Å². The zero-order valence-corrected chi connectivity index (χ0v) is 16.8. The molecule has 2 saturated heterocycles. The maximum Gasteiger partial charge on any atom is 0.293 e. The SMILES string of the molecule is CC(C)Oc1nn(CN2CCC(CC(=O)N3CCCC3)CC2)c(=S)s1. The Balaban J connectivity index is 1.45. The van der Waals surface area contributed by atoms with Gasteiger partial charge in [0, 0.05) is 32.6 Å². The van der Waals surface area contributed by atoms with Crippen LogP contribution in [0.3, 0.4) is 0 Å². The molecule has 0 radical (unpaired) electrons. The summed E-state index contributed by atoms with van der Waals surface area (Å²) in [6.45, 7) is 8.60. The molecule has 1 aromatic heterocycles. The van der Waals surface area contributed by atoms with E-state index in [0.717, 1.165) is 49.4 Å². The summed E-state index contributed by atoms with van der Waals surface area (Å²) in [5.41, 5.74) is 0. The predicted octanol–water partition coefficient (Wildman–Crippen LogP) is 3.14. The van der Waals surface area contributed by atoms with E-state index >= 15 is 0 Å². The second-order valence-corrected chi connectivity index (χ2v) is 8.88. The number of nitrogens with zero attached hydrogens (tertiary/aromatic N) is 4. The maximum atomic E-state index is 12.3. The molecule has 0 saturated carbocycles. The van der Waals surface area contributed by atoms with Gasteiger partial charge in [0.15, 0.2) is 3.95 Å². The fourth-order valence-electron chi connectivity index (χ4n) is 3.49. The molecule has 0 atom stereocenters. The molecule has 2 aliphatic rings. The summed E-state index contributed by atoms with van der Waals surface area (Å²) < 4.78 is 8.24. The van der Waals surface area contributed by atoms with E-state index < -0.39 is 0 Å². The maximum absolute atomic E-state index is 12.3. The largest absolute Gasteiger partial charge is 0.466 e. The van der Waals surface area contributed by atoms with Gasteiger partial charge in [0.05, 0.1) is 12.8 Å². The average Bonchev–Trinajstić information content (AvgIpc) is 3.19. The monoisotopic (exact) mass is 384 g/mol. The van der Waals surface area contributed by atoms with Crippen molar-refractivity contribution in [3.05, 3.63) is 3.95 Å². The lowest BCUT2D eigenvalue weighted by Crippen LogP contribution is -2.37. The highest BCUT2D eigenvalue weighted by Crippen LogP contribution is 2.24. The van der Waals surface area contributed by atoms with Crippen LogP contribution in [0.1, 0.15) is 46.0 Å². The van der Waals surface area contributed by atoms with E-state index in [-0.39, 0.29) is 6.10 Å². The molecule has 0 N–H and O–H groups in total. The molecule has 25 heavy (non-hydrogen) atoms. The smallest absolute Gasteiger partial charge is 0.293 e. The Hall–Kier alpha value is -0.990. The third kappa shape index (κ3) is 5.24. The Morgan fingerprint density at radius 3 is 2.60 bits per heavy atom. The van der Waals surface area contributed by atoms with E-state index in [2.05, 4.69) is 10.00 Å². The summed E-state index contributed by atoms with van der Waals surface area (Å²) in [5, 5.41) is 5.11. The number of amides is 1. The second-order valence-electron chi connectivity index (χ2n) is 7.29. The van der Waals surface area contributed by atoms with E-state index in [4.69, 9.17) is 17.0 Å². The highest BCUT2D eigenvalue weighted by molar-refractivity contribution is 7.73. The van der Waals surface area contributed by atoms with Gasteiger partial charge >= 0.3 is 0 Å². The molecule has 1 amide bonds. The Morgan fingerprint density at radius 2 is 1.96 bits per heavy atom. The van der Waals surface area contributed by atoms with Crippen LogP contribution in [-0.2, 0) is 11.5 Å². The van der Waals surface area contributed by atoms with Gasteiger partial charge in [-0.2, -0.15) is 0 Å². The summed E-state index contributed by atoms with van der Waals surface area (Å²) in [4.78, 5) is 16.7. The molecule has 0 aromatic carbocycles. The van der Waals surface area contributed by atoms with Gasteiger partial charge in [-0.3, -0.25) is 9.69 Å². The topological polar surface area (TPSA) is 50.6 Å². The van der Waals surface area contributed by atoms with Crippen molar-refractivity contribution in [3.8, 4) is 5.19 Å². The summed E-state index contributed by atoms with van der Waals surface area (Å²) in [7, 11) is 0. The van der Waals surface area contributed by atoms with Gasteiger partial charge in [-0.05, 0) is 69.0 Å². The van der Waals surface area contributed by atoms with E-state index in [1.165, 1.54) is 24.2 Å². The third-order valence-corrected chi connectivity index (χ3v) is 6.09. The third-order valence-electron chi connectivity index (χ3n) is 4.89. The fraction of sp³-hybridized carbons (Fsp3) is 0.824. The minimum absolute atomic E-state index is 0.109. The molecule has 0 spiro atoms. The molecule has 1 aromatic rings. The molecule has 6 nitrogen and oxygen atoms in total. The second kappa shape index (κ2) is 8.60. The number of aromatic nitrogens is 2. The van der Waals surface area contributed by atoms with Crippen molar-refractivity contribution in [2.45, 2.75) is 58.7 Å². The van der Waals surface area contributed by atoms with Gasteiger partial charge in [-0.25, -0.2) is 4.68 Å². The molecule has 3 rings (SSSR count). The van der Waals surface area contributed by atoms with Crippen molar-refractivity contribution < 1.29 is 9.53 Å². The first-order valence-electron chi connectivity index (χ1n) is 9.26. The minimum atomic E-state index is 0.109. The van der Waals surface area contributed by atoms with Crippen LogP contribution in [0.15, 0.2) is 0 Å². The first-order chi connectivity index (χ1) is 12.0. The van der Waals surface area contributed by atoms with Gasteiger partial charge in [-0.15, -0.1) is 5.10 Å². The predicted molar refractivity (Wildman–Crippen MR) is 101 cm³/mol. The van der Waals surface area contributed by atoms with Crippen LogP contribution in [-0.4, -0.2) is 57.8 Å². The van der Waals surface area contributed by atoms with Crippen LogP contribution in [0.5, 0.6) is 5.19 Å². The lowest BCUT2D eigenvalue weighted by atomic mass is 9.93. The van der Waals surface area contributed by atoms with Crippen molar-refractivity contribution in [1.82, 2.24) is 19.6 Å². The highest BCUT2D eigenvalue weighted by atomic mass is 32.1. The van der Waals surface area contributed by atoms with Crippen molar-refractivity contribution in [2.75, 3.05) is 26.2 Å². The summed E-state index contributed by atoms with van der Waals surface area (Å²) in [5.74, 6) is 0.876. The van der Waals surface area contributed by atoms with Crippen molar-refractivity contribution in [3.63, 3.8) is 0 Å². The fourth-order valence-corrected chi connectivity index (χ4v) is 4.54. The minimum Gasteiger partial charge on any atom is -0.466 e. The molecule has 0 aliphatic carbocycles. The molecule has 0 unspecified atom stereocenters. The number of hydrogen-bond acceptors (Lipinski definition) is 6. The molecule has 2 aliphatic heterocycles. The van der Waals surface area contributed by atoms with Crippen LogP contribution in [0.2, 0.25) is 0 Å². The number of likely N-dealkylation sites (tertiary alicyclic amines) is 2. The van der Waals surface area contributed by atoms with Gasteiger partial charge in [-0.1, -0.05) is 0 Å². The zero-order chi connectivity index (χ0) is 17.8. The van der Waals surface area contributed by atoms with Crippen molar-refractivity contribution >= 4 is 29.5 Å². The molecule has 2 fully saturated rings. The standard InChI is InChI=1S/C17H28N4O2S2/c1-13(2)23-16-18-21(17(24)25-16)12-19-9-5-14(6-10-19)11-15(22)20-7-3-4-8-20/h13-14H,3-12H2,1-2H3. The Labute approximate surface area is 158 Å². The van der Waals surface area contributed by atoms with Crippen LogP contribution in [0, 0.1) is 9.87 Å². The molecular weight excluding hydrogens is 356 g/mol. The normalized spacial score (nSPS) is 19.7. The molecule has 0 bridgehead atoms. The number of piperidine rings is 1. The first-order valence-corrected chi connectivity index (χ1v) is 10.5. The van der Waals surface area contributed by atoms with Crippen LogP contribution >= 0.6 is 23.6 Å². The Bertz CT molecular complexity index is 629. The summed E-state index contributed by atoms with van der Waals surface area (Å²) in [6.07, 6.45) is 5.31. The number of carbonyl (C=O) groups is 1. The van der Waals surface area contributed by atoms with E-state index in [0.29, 0.717) is 23.7 Å². The van der Waals surface area contributed by atoms with Gasteiger partial charge in [0.25, 0.3) is 5.19 Å². The van der Waals surface area contributed by atoms with Crippen LogP contribution in [0.25, 0.3) is 0 Å². The number of carbonyl (C=O) groups excluding carboxylic acids is 1. The highest BCUT2D eigenvalue weighted by Gasteiger charge is 2.25. The Kier molecular flexibility index (Phi) is 6.46. The molecule has 3 heterocycles. The molecule has 140 valence electrons. The van der Waals surface area contributed by atoms with E-state index in [9.17, 15) is 4.79 Å². The quantitative estimate of drug-likeness (QED) is 0.705. The van der Waals surface area contributed by atoms with Crippen molar-refractivity contribution in [2.24, 2.45) is 5.92 Å². The lowest BCUT2D eigenvalue weighted by Gasteiger charge is -2.32. The van der Waals surface area contributed by atoms with Crippen LogP contribution < -0.4 is 4.74 Å². The average molecular weight is 385 g/mol. The molecule has 8 heteroatoms. The number of ether oxygens (including phenoxy) is 1. The lowest BCUT2D eigenvalue weighted by molar-refractivity contribution is -0.131. The van der Waals surface area contributed by atoms with Crippen molar-refractivity contribution in [1.29, 1.82) is 0 Å². The van der Waals surface area contributed by atoms with E-state index in [1.807, 2.05) is 23.4 Å². The number of rotatable bonds is 6. The zero-order valence-electron chi connectivity index (χ0n) is 15.1. The number of hydrogen-bond donors (Lipinski definition) is 0. The Morgan fingerprint density at radius 1 is 1.28 bits per heavy atom. The molecular formula is C17H28N4O2S2. The van der Waals surface area contributed by atoms with E-state index in [1.54, 1.807) is 0 Å². The van der Waals surface area contributed by atoms with Gasteiger partial charge < -0.3 is 9.64 Å². The summed E-state index contributed by atoms with van der Waals surface area (Å²) >= 11 is 6.82.